The molecular formula is C37H30F3NO. The van der Waals surface area contributed by atoms with Gasteiger partial charge in [-0.15, -0.1) is 0 Å². The summed E-state index contributed by atoms with van der Waals surface area (Å²) in [5, 5.41) is 2.03. The van der Waals surface area contributed by atoms with Crippen LogP contribution in [0, 0.1) is 5.41 Å². The highest BCUT2D eigenvalue weighted by Gasteiger charge is 2.47. The lowest BCUT2D eigenvalue weighted by molar-refractivity contribution is -0.211. The zero-order chi connectivity index (χ0) is 31.2. The minimum absolute atomic E-state index is 0.0254. The molecule has 0 bridgehead atoms. The molecule has 2 heterocycles. The van der Waals surface area contributed by atoms with Gasteiger partial charge in [0.05, 0.1) is 11.1 Å². The molecule has 0 radical (unpaired) electrons. The van der Waals surface area contributed by atoms with Crippen LogP contribution in [0.25, 0.3) is 55.4 Å². The lowest BCUT2D eigenvalue weighted by atomic mass is 9.82. The van der Waals surface area contributed by atoms with E-state index in [1.165, 1.54) is 34.4 Å². The third kappa shape index (κ3) is 4.05. The van der Waals surface area contributed by atoms with E-state index in [0.717, 1.165) is 52.5 Å². The zero-order valence-corrected chi connectivity index (χ0v) is 23.7. The van der Waals surface area contributed by atoms with Crippen molar-refractivity contribution in [3.63, 3.8) is 0 Å². The third-order valence-corrected chi connectivity index (χ3v) is 8.62. The average Bonchev–Trinajstić information content (AvgIpc) is 3.47. The number of halogens is 3. The van der Waals surface area contributed by atoms with Gasteiger partial charge < -0.3 is 4.42 Å². The summed E-state index contributed by atoms with van der Waals surface area (Å²) >= 11 is 0. The Hall–Kier alpha value is -4.38. The Kier molecular flexibility index (Phi) is 5.23. The molecule has 0 unspecified atom stereocenters. The van der Waals surface area contributed by atoms with Crippen LogP contribution in [-0.4, -0.2) is 11.2 Å². The van der Waals surface area contributed by atoms with Crippen LogP contribution >= 0.6 is 0 Å². The average molecular weight is 564 g/mol. The zero-order valence-electron chi connectivity index (χ0n) is 25.7. The van der Waals surface area contributed by atoms with Gasteiger partial charge in [0.2, 0.25) is 0 Å². The van der Waals surface area contributed by atoms with Crippen LogP contribution in [0.4, 0.5) is 13.2 Å². The second-order valence-electron chi connectivity index (χ2n) is 12.1. The summed E-state index contributed by atoms with van der Waals surface area (Å²) in [6, 6.07) is 28.9. The fourth-order valence-electron chi connectivity index (χ4n) is 6.13. The van der Waals surface area contributed by atoms with Crippen molar-refractivity contribution in [3.05, 3.63) is 114 Å². The Morgan fingerprint density at radius 1 is 0.762 bits per heavy atom. The topological polar surface area (TPSA) is 26.0 Å². The van der Waals surface area contributed by atoms with Gasteiger partial charge in [0.25, 0.3) is 0 Å². The van der Waals surface area contributed by atoms with Crippen molar-refractivity contribution in [1.29, 1.82) is 0 Å². The van der Waals surface area contributed by atoms with E-state index in [1.54, 1.807) is 18.3 Å². The van der Waals surface area contributed by atoms with Gasteiger partial charge in [0, 0.05) is 30.7 Å². The van der Waals surface area contributed by atoms with Crippen molar-refractivity contribution in [2.24, 2.45) is 5.41 Å². The van der Waals surface area contributed by atoms with Crippen molar-refractivity contribution < 1.29 is 20.3 Å². The van der Waals surface area contributed by atoms with Crippen molar-refractivity contribution in [3.8, 4) is 33.5 Å². The van der Waals surface area contributed by atoms with Crippen molar-refractivity contribution in [2.75, 3.05) is 0 Å². The lowest BCUT2D eigenvalue weighted by Crippen LogP contribution is -2.34. The molecule has 1 aliphatic rings. The number of hydrogen-bond acceptors (Lipinski definition) is 2. The Bertz CT molecular complexity index is 2090. The van der Waals surface area contributed by atoms with Crippen LogP contribution < -0.4 is 0 Å². The first-order valence-corrected chi connectivity index (χ1v) is 14.0. The molecule has 4 aromatic carbocycles. The van der Waals surface area contributed by atoms with E-state index in [2.05, 4.69) is 61.3 Å². The summed E-state index contributed by atoms with van der Waals surface area (Å²) in [5.41, 5.74) is 6.91. The van der Waals surface area contributed by atoms with E-state index in [-0.39, 0.29) is 11.0 Å². The summed E-state index contributed by atoms with van der Waals surface area (Å²) in [6.07, 6.45) is -5.62. The highest BCUT2D eigenvalue weighted by molar-refractivity contribution is 6.11. The molecule has 0 saturated heterocycles. The first kappa shape index (κ1) is 24.2. The number of hydrogen-bond donors (Lipinski definition) is 0. The van der Waals surface area contributed by atoms with Gasteiger partial charge in [0.15, 0.2) is 0 Å². The first-order valence-electron chi connectivity index (χ1n) is 15.0. The summed E-state index contributed by atoms with van der Waals surface area (Å²) in [6.45, 7) is 6.26. The summed E-state index contributed by atoms with van der Waals surface area (Å²) < 4.78 is 64.1. The van der Waals surface area contributed by atoms with Crippen molar-refractivity contribution in [1.82, 2.24) is 4.98 Å². The molecule has 6 aromatic rings. The van der Waals surface area contributed by atoms with Gasteiger partial charge in [0.1, 0.15) is 11.2 Å². The number of alkyl halides is 3. The second kappa shape index (κ2) is 9.06. The molecule has 7 rings (SSSR count). The van der Waals surface area contributed by atoms with Crippen LogP contribution in [0.3, 0.4) is 0 Å². The number of pyridine rings is 1. The molecule has 0 atom stereocenters. The minimum atomic E-state index is -4.70. The highest BCUT2D eigenvalue weighted by atomic mass is 19.4. The van der Waals surface area contributed by atoms with E-state index in [9.17, 15) is 13.2 Å². The molecule has 0 fully saturated rings. The fraction of sp³-hybridized carbons (Fsp3) is 0.216. The summed E-state index contributed by atoms with van der Waals surface area (Å²) in [5.74, 6) is 0. The van der Waals surface area contributed by atoms with E-state index in [0.29, 0.717) is 5.69 Å². The van der Waals surface area contributed by atoms with E-state index >= 15 is 0 Å². The molecule has 0 N–H and O–H groups in total. The van der Waals surface area contributed by atoms with E-state index in [1.807, 2.05) is 24.3 Å². The van der Waals surface area contributed by atoms with Gasteiger partial charge in [-0.2, -0.15) is 13.2 Å². The van der Waals surface area contributed by atoms with Gasteiger partial charge in [-0.3, -0.25) is 4.98 Å². The number of fused-ring (bicyclic) bond motifs is 6. The number of aromatic nitrogens is 1. The minimum Gasteiger partial charge on any atom is -0.455 e. The summed E-state index contributed by atoms with van der Waals surface area (Å²) in [4.78, 5) is 4.64. The molecule has 0 saturated carbocycles. The highest BCUT2D eigenvalue weighted by Crippen LogP contribution is 2.51. The third-order valence-electron chi connectivity index (χ3n) is 8.62. The van der Waals surface area contributed by atoms with Crippen molar-refractivity contribution in [2.45, 2.75) is 45.7 Å². The smallest absolute Gasteiger partial charge is 0.394 e. The SMILES string of the molecule is [2H]C([2H])(c1ccc(-c2ccnc(-c3cccc4c3oc3cc5c(cc34)-c3ccccc3C5(C)C)c2)cc1)C(C)(C)C(F)(F)F. The molecule has 2 aromatic heterocycles. The molecule has 2 nitrogen and oxygen atoms in total. The molecule has 5 heteroatoms. The molecule has 0 amide bonds. The first-order chi connectivity index (χ1) is 20.7. The van der Waals surface area contributed by atoms with Crippen LogP contribution in [0.5, 0.6) is 0 Å². The number of nitrogens with zero attached hydrogens (tertiary/aromatic N) is 1. The Morgan fingerprint density at radius 3 is 2.26 bits per heavy atom. The van der Waals surface area contributed by atoms with E-state index in [4.69, 9.17) is 7.16 Å². The van der Waals surface area contributed by atoms with Gasteiger partial charge in [-0.05, 0) is 75.6 Å². The van der Waals surface area contributed by atoms with Crippen LogP contribution in [0.2, 0.25) is 0 Å². The van der Waals surface area contributed by atoms with Gasteiger partial charge >= 0.3 is 6.18 Å². The molecular weight excluding hydrogens is 531 g/mol. The lowest BCUT2D eigenvalue weighted by Gasteiger charge is -2.27. The van der Waals surface area contributed by atoms with E-state index < -0.39 is 18.0 Å². The Labute approximate surface area is 245 Å². The molecule has 0 spiro atoms. The second-order valence-corrected chi connectivity index (χ2v) is 12.1. The maximum Gasteiger partial charge on any atom is 0.394 e. The van der Waals surface area contributed by atoms with Crippen molar-refractivity contribution >= 4 is 21.9 Å². The molecule has 0 aliphatic heterocycles. The largest absolute Gasteiger partial charge is 0.455 e. The number of rotatable bonds is 4. The maximum atomic E-state index is 13.6. The Balaban J connectivity index is 1.29. The molecule has 42 heavy (non-hydrogen) atoms. The normalized spacial score (nSPS) is 15.4. The monoisotopic (exact) mass is 563 g/mol. The molecule has 1 aliphatic carbocycles. The fourth-order valence-corrected chi connectivity index (χ4v) is 6.13. The van der Waals surface area contributed by atoms with Crippen LogP contribution in [0.1, 0.15) is 47.1 Å². The number of furan rings is 1. The predicted molar refractivity (Wildman–Crippen MR) is 163 cm³/mol. The van der Waals surface area contributed by atoms with Crippen LogP contribution in [0.15, 0.2) is 102 Å². The Morgan fingerprint density at radius 2 is 1.50 bits per heavy atom. The van der Waals surface area contributed by atoms with Gasteiger partial charge in [-0.1, -0.05) is 88.4 Å². The van der Waals surface area contributed by atoms with Gasteiger partial charge in [-0.25, -0.2) is 0 Å². The predicted octanol–water partition coefficient (Wildman–Crippen LogP) is 10.8. The van der Waals surface area contributed by atoms with Crippen LogP contribution in [-0.2, 0) is 11.8 Å². The number of benzene rings is 4. The standard InChI is InChI=1S/C37H30F3NO/c1-35(2,37(38,39)40)21-22-12-14-23(15-13-22)24-16-17-41-32(18-24)27-10-7-9-26-29-19-28-25-8-5-6-11-30(25)36(3,4)31(28)20-33(29)42-34(26)27/h5-20H,21H2,1-4H3/i21D2. The molecule has 210 valence electrons. The summed E-state index contributed by atoms with van der Waals surface area (Å²) in [7, 11) is 0. The quantitative estimate of drug-likeness (QED) is 0.213. The number of para-hydroxylation sites is 1. The maximum absolute atomic E-state index is 13.6.